The zero-order valence-electron chi connectivity index (χ0n) is 26.8. The van der Waals surface area contributed by atoms with Gasteiger partial charge in [0.1, 0.15) is 25.6 Å². The Hall–Kier alpha value is -3.65. The topological polar surface area (TPSA) is 126 Å². The quantitative estimate of drug-likeness (QED) is 0.134. The van der Waals surface area contributed by atoms with Crippen molar-refractivity contribution in [2.75, 3.05) is 38.8 Å². The Morgan fingerprint density at radius 2 is 1.87 bits per heavy atom. The molecule has 0 spiro atoms. The molecule has 46 heavy (non-hydrogen) atoms. The Morgan fingerprint density at radius 1 is 1.15 bits per heavy atom. The molecule has 3 heterocycles. The van der Waals surface area contributed by atoms with E-state index in [-0.39, 0.29) is 48.8 Å². The van der Waals surface area contributed by atoms with Gasteiger partial charge in [-0.15, -0.1) is 0 Å². The lowest BCUT2D eigenvalue weighted by Gasteiger charge is -2.37. The van der Waals surface area contributed by atoms with Crippen molar-refractivity contribution in [1.82, 2.24) is 24.4 Å². The molecule has 5 atom stereocenters. The van der Waals surface area contributed by atoms with Gasteiger partial charge in [-0.3, -0.25) is 14.3 Å². The highest BCUT2D eigenvalue weighted by molar-refractivity contribution is 6.06. The normalized spacial score (nSPS) is 20.9. The largest absolute Gasteiger partial charge is 0.379 e. The number of benzene rings is 1. The Morgan fingerprint density at radius 3 is 2.52 bits per heavy atom. The maximum absolute atomic E-state index is 14.9. The van der Waals surface area contributed by atoms with Gasteiger partial charge in [-0.25, -0.2) is 21.5 Å². The summed E-state index contributed by atoms with van der Waals surface area (Å²) >= 11 is 0. The molecule has 3 aromatic rings. The van der Waals surface area contributed by atoms with Crippen LogP contribution in [0.4, 0.5) is 14.6 Å². The molecular weight excluding hydrogens is 604 g/mol. The first-order valence-electron chi connectivity index (χ1n) is 15.0. The van der Waals surface area contributed by atoms with Crippen LogP contribution in [-0.2, 0) is 23.7 Å². The molecule has 4 rings (SSSR count). The highest BCUT2D eigenvalue weighted by Gasteiger charge is 2.49. The van der Waals surface area contributed by atoms with E-state index in [1.54, 1.807) is 37.3 Å². The lowest BCUT2D eigenvalue weighted by atomic mass is 10.0. The summed E-state index contributed by atoms with van der Waals surface area (Å²) in [5.41, 5.74) is 0.901. The third-order valence-electron chi connectivity index (χ3n) is 7.52. The average Bonchev–Trinajstić information content (AvgIpc) is 3.57. The molecule has 1 aromatic carbocycles. The number of nitrogens with one attached hydrogen (secondary N) is 1. The SMILES string of the molecule is [C-]#[N+]CCOC(OC[C@H]1O[C@@H](n2cnc3c(NC(=O)c4ccccc4)ncnc32)[C@H](OC(F)(F)COC)[C@@H]1C)N(C(C)C)C(C)C. The lowest BCUT2D eigenvalue weighted by Crippen LogP contribution is -2.49. The molecule has 0 radical (unpaired) electrons. The van der Waals surface area contributed by atoms with Crippen LogP contribution < -0.4 is 5.32 Å². The molecule has 15 heteroatoms. The van der Waals surface area contributed by atoms with E-state index in [1.165, 1.54) is 17.2 Å². The van der Waals surface area contributed by atoms with Crippen LogP contribution in [0.15, 0.2) is 43.0 Å². The van der Waals surface area contributed by atoms with E-state index >= 15 is 0 Å². The summed E-state index contributed by atoms with van der Waals surface area (Å²) in [5.74, 6) is -0.851. The smallest absolute Gasteiger partial charge is 0.376 e. The van der Waals surface area contributed by atoms with Gasteiger partial charge in [-0.05, 0) is 39.8 Å². The summed E-state index contributed by atoms with van der Waals surface area (Å²) in [6.45, 7) is 16.2. The second-order valence-corrected chi connectivity index (χ2v) is 11.5. The van der Waals surface area contributed by atoms with Crippen LogP contribution in [0.25, 0.3) is 16.0 Å². The first-order valence-corrected chi connectivity index (χ1v) is 15.0. The fourth-order valence-electron chi connectivity index (χ4n) is 5.41. The summed E-state index contributed by atoms with van der Waals surface area (Å²) in [6, 6.07) is 8.68. The minimum atomic E-state index is -3.62. The number of nitrogens with zero attached hydrogens (tertiary/aromatic N) is 6. The van der Waals surface area contributed by atoms with Gasteiger partial charge in [0.2, 0.25) is 13.0 Å². The summed E-state index contributed by atoms with van der Waals surface area (Å²) < 4.78 is 59.8. The van der Waals surface area contributed by atoms with Crippen LogP contribution in [0.2, 0.25) is 0 Å². The number of ether oxygens (including phenoxy) is 5. The molecule has 1 N–H and O–H groups in total. The number of hydrogen-bond donors (Lipinski definition) is 1. The van der Waals surface area contributed by atoms with E-state index < -0.39 is 49.4 Å². The van der Waals surface area contributed by atoms with Crippen LogP contribution in [0, 0.1) is 12.5 Å². The number of aromatic nitrogens is 4. The predicted molar refractivity (Wildman–Crippen MR) is 164 cm³/mol. The molecule has 250 valence electrons. The highest BCUT2D eigenvalue weighted by Crippen LogP contribution is 2.41. The molecule has 1 fully saturated rings. The summed E-state index contributed by atoms with van der Waals surface area (Å²) in [5, 5.41) is 2.74. The number of alkyl halides is 2. The van der Waals surface area contributed by atoms with E-state index in [9.17, 15) is 13.6 Å². The van der Waals surface area contributed by atoms with E-state index in [1.807, 2.05) is 32.6 Å². The van der Waals surface area contributed by atoms with Gasteiger partial charge in [0.05, 0.1) is 19.0 Å². The maximum Gasteiger partial charge on any atom is 0.379 e. The van der Waals surface area contributed by atoms with Crippen molar-refractivity contribution in [3.05, 3.63) is 60.0 Å². The second-order valence-electron chi connectivity index (χ2n) is 11.5. The third kappa shape index (κ3) is 8.38. The molecule has 0 bridgehead atoms. The molecular formula is C31H41F2N7O6. The number of imidazole rings is 1. The summed E-state index contributed by atoms with van der Waals surface area (Å²) in [6.07, 6.45) is -4.78. The zero-order chi connectivity index (χ0) is 33.4. The summed E-state index contributed by atoms with van der Waals surface area (Å²) in [7, 11) is 1.16. The van der Waals surface area contributed by atoms with Gasteiger partial charge >= 0.3 is 6.11 Å². The molecule has 0 saturated carbocycles. The number of rotatable bonds is 16. The van der Waals surface area contributed by atoms with Gasteiger partial charge in [0.25, 0.3) is 5.91 Å². The molecule has 0 aliphatic carbocycles. The van der Waals surface area contributed by atoms with Crippen molar-refractivity contribution in [2.45, 2.75) is 77.7 Å². The minimum absolute atomic E-state index is 0.0218. The predicted octanol–water partition coefficient (Wildman–Crippen LogP) is 4.59. The number of carbonyl (C=O) groups excluding carboxylic acids is 1. The van der Waals surface area contributed by atoms with Gasteiger partial charge in [-0.1, -0.05) is 25.1 Å². The Bertz CT molecular complexity index is 1460. The van der Waals surface area contributed by atoms with Gasteiger partial charge < -0.3 is 33.8 Å². The van der Waals surface area contributed by atoms with Gasteiger partial charge in [0, 0.05) is 30.7 Å². The fraction of sp³-hybridized carbons (Fsp3) is 0.581. The zero-order valence-corrected chi connectivity index (χ0v) is 26.8. The minimum Gasteiger partial charge on any atom is -0.376 e. The molecule has 1 aliphatic heterocycles. The number of methoxy groups -OCH3 is 1. The van der Waals surface area contributed by atoms with Crippen molar-refractivity contribution in [2.24, 2.45) is 5.92 Å². The highest BCUT2D eigenvalue weighted by atomic mass is 19.3. The Labute approximate surface area is 267 Å². The Kier molecular flexibility index (Phi) is 12.1. The summed E-state index contributed by atoms with van der Waals surface area (Å²) in [4.78, 5) is 31.1. The number of carbonyl (C=O) groups is 1. The molecule has 1 saturated heterocycles. The van der Waals surface area contributed by atoms with Crippen LogP contribution in [0.1, 0.15) is 51.2 Å². The second kappa shape index (κ2) is 15.8. The van der Waals surface area contributed by atoms with E-state index in [2.05, 4.69) is 25.1 Å². The van der Waals surface area contributed by atoms with Crippen LogP contribution in [0.5, 0.6) is 0 Å². The number of hydrogen-bond acceptors (Lipinski definition) is 10. The fourth-order valence-corrected chi connectivity index (χ4v) is 5.41. The van der Waals surface area contributed by atoms with Crippen molar-refractivity contribution in [3.63, 3.8) is 0 Å². The van der Waals surface area contributed by atoms with E-state index in [0.717, 1.165) is 7.11 Å². The molecule has 1 aliphatic rings. The molecule has 2 aromatic heterocycles. The number of amides is 1. The monoisotopic (exact) mass is 645 g/mol. The van der Waals surface area contributed by atoms with Crippen molar-refractivity contribution >= 4 is 22.9 Å². The van der Waals surface area contributed by atoms with Crippen molar-refractivity contribution < 1.29 is 37.3 Å². The third-order valence-corrected chi connectivity index (χ3v) is 7.52. The first-order chi connectivity index (χ1) is 22.0. The van der Waals surface area contributed by atoms with Crippen LogP contribution in [0.3, 0.4) is 0 Å². The van der Waals surface area contributed by atoms with Crippen molar-refractivity contribution in [3.8, 4) is 0 Å². The van der Waals surface area contributed by atoms with Gasteiger partial charge in [-0.2, -0.15) is 8.78 Å². The molecule has 1 amide bonds. The Balaban J connectivity index is 1.62. The van der Waals surface area contributed by atoms with Gasteiger partial charge in [0.15, 0.2) is 23.2 Å². The van der Waals surface area contributed by atoms with E-state index in [0.29, 0.717) is 5.56 Å². The average molecular weight is 646 g/mol. The number of halogens is 2. The standard InChI is InChI=1S/C31H41F2N7O6/c1-19(2)40(20(3)4)30(43-14-13-34-6)44-15-23-21(5)25(46-31(32,33)16-42-7)29(45-23)39-18-37-24-26(35-17-36-27(24)39)38-28(41)22-11-9-8-10-12-22/h8-12,17-21,23,25,29-30H,13-16H2,1-5,7H3,(H,35,36,38,41)/t21-,23-,25-,29-,30?/m1/s1. The maximum atomic E-state index is 14.9. The first kappa shape index (κ1) is 35.2. The number of fused-ring (bicyclic) bond motifs is 1. The molecule has 13 nitrogen and oxygen atoms in total. The lowest BCUT2D eigenvalue weighted by molar-refractivity contribution is -0.296. The number of anilines is 1. The van der Waals surface area contributed by atoms with Crippen molar-refractivity contribution in [1.29, 1.82) is 0 Å². The van der Waals surface area contributed by atoms with Crippen LogP contribution >= 0.6 is 0 Å². The van der Waals surface area contributed by atoms with Crippen LogP contribution in [-0.4, -0.2) is 101 Å². The van der Waals surface area contributed by atoms with E-state index in [4.69, 9.17) is 30.3 Å². The molecule has 1 unspecified atom stereocenters.